The Bertz CT molecular complexity index is 278. The van der Waals surface area contributed by atoms with E-state index in [1.54, 1.807) is 0 Å². The average Bonchev–Trinajstić information content (AvgIpc) is 2.33. The lowest BCUT2D eigenvalue weighted by Gasteiger charge is -2.08. The molecule has 7 nitrogen and oxygen atoms in total. The van der Waals surface area contributed by atoms with Gasteiger partial charge in [0.1, 0.15) is 12.6 Å². The molecule has 1 atom stereocenters. The lowest BCUT2D eigenvalue weighted by Crippen LogP contribution is -2.36. The highest BCUT2D eigenvalue weighted by Crippen LogP contribution is 2.07. The number of carbonyl (C=O) groups is 3. The molecule has 78 valence electrons. The van der Waals surface area contributed by atoms with Crippen molar-refractivity contribution in [2.75, 3.05) is 13.1 Å². The maximum absolute atomic E-state index is 11.4. The van der Waals surface area contributed by atoms with Gasteiger partial charge in [-0.3, -0.25) is 14.5 Å². The number of amides is 3. The van der Waals surface area contributed by atoms with Crippen molar-refractivity contribution in [3.05, 3.63) is 0 Å². The van der Waals surface area contributed by atoms with E-state index in [2.05, 4.69) is 5.32 Å². The summed E-state index contributed by atoms with van der Waals surface area (Å²) in [6, 6.07) is -1.34. The van der Waals surface area contributed by atoms with E-state index in [4.69, 9.17) is 10.8 Å². The Hall–Kier alpha value is -1.63. The third-order valence-corrected chi connectivity index (χ3v) is 1.86. The monoisotopic (exact) mass is 201 g/mol. The smallest absolute Gasteiger partial charge is 0.325 e. The molecule has 0 aromatic rings. The van der Waals surface area contributed by atoms with Crippen LogP contribution in [-0.2, 0) is 9.59 Å². The number of hydrogen-bond acceptors (Lipinski definition) is 4. The maximum atomic E-state index is 11.4. The van der Waals surface area contributed by atoms with Crippen molar-refractivity contribution in [3.8, 4) is 0 Å². The van der Waals surface area contributed by atoms with Gasteiger partial charge >= 0.3 is 12.0 Å². The normalized spacial score (nSPS) is 21.2. The van der Waals surface area contributed by atoms with Crippen LogP contribution < -0.4 is 11.1 Å². The van der Waals surface area contributed by atoms with Gasteiger partial charge in [0.05, 0.1) is 0 Å². The molecular formula is C7H11N3O4. The van der Waals surface area contributed by atoms with Gasteiger partial charge in [0.2, 0.25) is 0 Å². The molecule has 1 aliphatic rings. The first kappa shape index (κ1) is 10.5. The van der Waals surface area contributed by atoms with Gasteiger partial charge in [-0.15, -0.1) is 0 Å². The third-order valence-electron chi connectivity index (χ3n) is 1.86. The topological polar surface area (TPSA) is 113 Å². The first-order chi connectivity index (χ1) is 6.56. The van der Waals surface area contributed by atoms with Gasteiger partial charge in [-0.05, 0) is 13.0 Å². The van der Waals surface area contributed by atoms with Crippen LogP contribution in [-0.4, -0.2) is 47.0 Å². The number of carbonyl (C=O) groups excluding carboxylic acids is 2. The maximum Gasteiger partial charge on any atom is 0.325 e. The number of carboxylic acids is 1. The van der Waals surface area contributed by atoms with Crippen LogP contribution in [0.25, 0.3) is 0 Å². The van der Waals surface area contributed by atoms with E-state index in [-0.39, 0.29) is 6.54 Å². The zero-order chi connectivity index (χ0) is 10.7. The minimum Gasteiger partial charge on any atom is -0.480 e. The first-order valence-electron chi connectivity index (χ1n) is 4.10. The van der Waals surface area contributed by atoms with Gasteiger partial charge in [0.15, 0.2) is 0 Å². The molecule has 1 heterocycles. The lowest BCUT2D eigenvalue weighted by atomic mass is 10.2. The summed E-state index contributed by atoms with van der Waals surface area (Å²) in [5.41, 5.74) is 5.22. The number of nitrogens with one attached hydrogen (secondary N) is 1. The number of carboxylic acid groups (broad SMARTS) is 1. The van der Waals surface area contributed by atoms with Gasteiger partial charge < -0.3 is 16.2 Å². The molecule has 7 heteroatoms. The summed E-state index contributed by atoms with van der Waals surface area (Å²) in [5, 5.41) is 10.8. The molecule has 0 bridgehead atoms. The number of nitrogens with zero attached hydrogens (tertiary/aromatic N) is 1. The number of imide groups is 1. The van der Waals surface area contributed by atoms with E-state index in [0.29, 0.717) is 11.3 Å². The van der Waals surface area contributed by atoms with Crippen LogP contribution in [0.2, 0.25) is 0 Å². The van der Waals surface area contributed by atoms with Gasteiger partial charge in [-0.2, -0.15) is 0 Å². The summed E-state index contributed by atoms with van der Waals surface area (Å²) < 4.78 is 0. The molecule has 1 unspecified atom stereocenters. The number of nitrogens with two attached hydrogens (primary N) is 1. The molecule has 0 aromatic carbocycles. The van der Waals surface area contributed by atoms with Crippen molar-refractivity contribution >= 4 is 17.9 Å². The summed E-state index contributed by atoms with van der Waals surface area (Å²) in [4.78, 5) is 33.4. The van der Waals surface area contributed by atoms with Crippen molar-refractivity contribution in [2.24, 2.45) is 5.73 Å². The number of aliphatic carboxylic acids is 1. The molecule has 4 N–H and O–H groups in total. The van der Waals surface area contributed by atoms with E-state index in [9.17, 15) is 14.4 Å². The van der Waals surface area contributed by atoms with Crippen LogP contribution >= 0.6 is 0 Å². The second-order valence-electron chi connectivity index (χ2n) is 2.90. The second kappa shape index (κ2) is 4.05. The Morgan fingerprint density at radius 1 is 1.57 bits per heavy atom. The first-order valence-corrected chi connectivity index (χ1v) is 4.10. The van der Waals surface area contributed by atoms with Crippen LogP contribution in [0.4, 0.5) is 4.79 Å². The van der Waals surface area contributed by atoms with Crippen LogP contribution in [0, 0.1) is 0 Å². The highest BCUT2D eigenvalue weighted by atomic mass is 16.4. The average molecular weight is 201 g/mol. The molecule has 0 aromatic heterocycles. The van der Waals surface area contributed by atoms with E-state index >= 15 is 0 Å². The largest absolute Gasteiger partial charge is 0.480 e. The lowest BCUT2D eigenvalue weighted by molar-refractivity contribution is -0.141. The molecule has 1 aliphatic heterocycles. The van der Waals surface area contributed by atoms with Crippen LogP contribution in [0.3, 0.4) is 0 Å². The molecule has 1 rings (SSSR count). The second-order valence-corrected chi connectivity index (χ2v) is 2.90. The molecule has 3 amide bonds. The Labute approximate surface area is 79.9 Å². The quantitative estimate of drug-likeness (QED) is 0.471. The summed E-state index contributed by atoms with van der Waals surface area (Å²) in [6.07, 6.45) is 0.320. The Balaban J connectivity index is 2.65. The highest BCUT2D eigenvalue weighted by Gasteiger charge is 2.38. The summed E-state index contributed by atoms with van der Waals surface area (Å²) in [6.45, 7) is -0.344. The zero-order valence-electron chi connectivity index (χ0n) is 7.40. The van der Waals surface area contributed by atoms with Crippen molar-refractivity contribution in [3.63, 3.8) is 0 Å². The predicted octanol–water partition coefficient (Wildman–Crippen LogP) is -1.66. The highest BCUT2D eigenvalue weighted by molar-refractivity contribution is 6.05. The zero-order valence-corrected chi connectivity index (χ0v) is 7.40. The summed E-state index contributed by atoms with van der Waals surface area (Å²) >= 11 is 0. The van der Waals surface area contributed by atoms with Crippen LogP contribution in [0.1, 0.15) is 6.42 Å². The Morgan fingerprint density at radius 3 is 2.71 bits per heavy atom. The van der Waals surface area contributed by atoms with Gasteiger partial charge in [0.25, 0.3) is 5.91 Å². The molecule has 0 spiro atoms. The molecule has 0 saturated carbocycles. The minimum absolute atomic E-state index is 0.262. The molecular weight excluding hydrogens is 190 g/mol. The Morgan fingerprint density at radius 2 is 2.21 bits per heavy atom. The van der Waals surface area contributed by atoms with Crippen molar-refractivity contribution in [1.82, 2.24) is 10.2 Å². The molecule has 0 radical (unpaired) electrons. The number of rotatable bonds is 4. The minimum atomic E-state index is -1.22. The van der Waals surface area contributed by atoms with Crippen molar-refractivity contribution in [1.29, 1.82) is 0 Å². The van der Waals surface area contributed by atoms with Gasteiger partial charge in [0, 0.05) is 0 Å². The van der Waals surface area contributed by atoms with E-state index < -0.39 is 30.5 Å². The van der Waals surface area contributed by atoms with E-state index in [0.717, 1.165) is 0 Å². The molecule has 1 saturated heterocycles. The fraction of sp³-hybridized carbons (Fsp3) is 0.571. The fourth-order valence-corrected chi connectivity index (χ4v) is 1.22. The van der Waals surface area contributed by atoms with Gasteiger partial charge in [-0.1, -0.05) is 0 Å². The van der Waals surface area contributed by atoms with E-state index in [1.165, 1.54) is 0 Å². The fourth-order valence-electron chi connectivity index (χ4n) is 1.22. The summed E-state index contributed by atoms with van der Waals surface area (Å²) in [7, 11) is 0. The van der Waals surface area contributed by atoms with Crippen molar-refractivity contribution < 1.29 is 19.5 Å². The standard InChI is InChI=1S/C7H11N3O4/c8-2-1-4-6(13)10(3-5(11)12)7(14)9-4/h4H,1-3,8H2,(H,9,14)(H,11,12). The SMILES string of the molecule is NCCC1NC(=O)N(CC(=O)O)C1=O. The number of urea groups is 1. The third kappa shape index (κ3) is 1.99. The molecule has 14 heavy (non-hydrogen) atoms. The molecule has 1 fully saturated rings. The summed E-state index contributed by atoms with van der Waals surface area (Å²) in [5.74, 6) is -1.75. The van der Waals surface area contributed by atoms with E-state index in [1.807, 2.05) is 0 Å². The van der Waals surface area contributed by atoms with Crippen LogP contribution in [0.5, 0.6) is 0 Å². The van der Waals surface area contributed by atoms with Crippen LogP contribution in [0.15, 0.2) is 0 Å². The van der Waals surface area contributed by atoms with Crippen molar-refractivity contribution in [2.45, 2.75) is 12.5 Å². The molecule has 0 aliphatic carbocycles. The predicted molar refractivity (Wildman–Crippen MR) is 45.3 cm³/mol. The van der Waals surface area contributed by atoms with Gasteiger partial charge in [-0.25, -0.2) is 4.79 Å². The number of hydrogen-bond donors (Lipinski definition) is 3. The Kier molecular flexibility index (Phi) is 3.03.